The average molecular weight is 561 g/mol. The zero-order valence-electron chi connectivity index (χ0n) is 20.4. The van der Waals surface area contributed by atoms with Crippen LogP contribution in [0.25, 0.3) is 0 Å². The summed E-state index contributed by atoms with van der Waals surface area (Å²) < 4.78 is 0. The van der Waals surface area contributed by atoms with Gasteiger partial charge in [-0.05, 0) is 59.2 Å². The number of hydrogen-bond donors (Lipinski definition) is 4. The van der Waals surface area contributed by atoms with Crippen molar-refractivity contribution in [3.8, 4) is 0 Å². The number of carbonyl (C=O) groups excluding carboxylic acids is 2. The molecular weight excluding hydrogens is 539 g/mol. The van der Waals surface area contributed by atoms with Crippen molar-refractivity contribution in [1.82, 2.24) is 10.3 Å². The number of fused-ring (bicyclic) bond motifs is 2. The van der Waals surface area contributed by atoms with Crippen LogP contribution in [-0.2, 0) is 17.6 Å². The van der Waals surface area contributed by atoms with Gasteiger partial charge in [-0.1, -0.05) is 53.5 Å². The lowest BCUT2D eigenvalue weighted by Gasteiger charge is -2.20. The minimum Gasteiger partial charge on any atom is -0.480 e. The third kappa shape index (κ3) is 5.87. The third-order valence-corrected chi connectivity index (χ3v) is 6.97. The highest BCUT2D eigenvalue weighted by Crippen LogP contribution is 2.32. The molecule has 3 aromatic carbocycles. The summed E-state index contributed by atoms with van der Waals surface area (Å²) in [7, 11) is 0. The lowest BCUT2D eigenvalue weighted by molar-refractivity contribution is -0.139. The first-order chi connectivity index (χ1) is 18.8. The highest BCUT2D eigenvalue weighted by molar-refractivity contribution is 6.39. The molecule has 5 rings (SSSR count). The summed E-state index contributed by atoms with van der Waals surface area (Å²) in [5.41, 5.74) is 4.70. The molecule has 1 aromatic heterocycles. The molecule has 0 bridgehead atoms. The minimum atomic E-state index is -1.21. The van der Waals surface area contributed by atoms with Crippen LogP contribution in [-0.4, -0.2) is 33.9 Å². The van der Waals surface area contributed by atoms with E-state index in [-0.39, 0.29) is 27.9 Å². The van der Waals surface area contributed by atoms with E-state index in [0.29, 0.717) is 16.8 Å². The molecule has 1 aliphatic heterocycles. The number of pyridine rings is 1. The first kappa shape index (κ1) is 26.2. The second kappa shape index (κ2) is 11.1. The number of rotatable bonds is 7. The molecule has 2 amide bonds. The molecule has 2 heterocycles. The second-order valence-electron chi connectivity index (χ2n) is 9.00. The zero-order valence-corrected chi connectivity index (χ0v) is 21.9. The van der Waals surface area contributed by atoms with Crippen LogP contribution < -0.4 is 16.0 Å². The Bertz CT molecular complexity index is 1570. The zero-order chi connectivity index (χ0) is 27.5. The van der Waals surface area contributed by atoms with E-state index in [2.05, 4.69) is 20.9 Å². The highest BCUT2D eigenvalue weighted by Gasteiger charge is 2.24. The molecule has 10 heteroatoms. The summed E-state index contributed by atoms with van der Waals surface area (Å²) in [4.78, 5) is 41.7. The molecule has 0 radical (unpaired) electrons. The summed E-state index contributed by atoms with van der Waals surface area (Å²) in [6, 6.07) is 19.5. The Morgan fingerprint density at radius 3 is 2.38 bits per heavy atom. The molecule has 39 heavy (non-hydrogen) atoms. The van der Waals surface area contributed by atoms with Gasteiger partial charge in [-0.2, -0.15) is 0 Å². The Balaban J connectivity index is 1.23. The third-order valence-electron chi connectivity index (χ3n) is 6.34. The number of nitrogens with one attached hydrogen (secondary N) is 3. The number of benzene rings is 3. The molecule has 1 atom stereocenters. The Morgan fingerprint density at radius 1 is 0.923 bits per heavy atom. The van der Waals surface area contributed by atoms with Crippen molar-refractivity contribution in [1.29, 1.82) is 0 Å². The van der Waals surface area contributed by atoms with Crippen molar-refractivity contribution < 1.29 is 19.5 Å². The van der Waals surface area contributed by atoms with E-state index >= 15 is 0 Å². The minimum absolute atomic E-state index is 0.0167. The van der Waals surface area contributed by atoms with Crippen molar-refractivity contribution in [2.45, 2.75) is 18.9 Å². The Labute approximate surface area is 234 Å². The van der Waals surface area contributed by atoms with E-state index < -0.39 is 17.9 Å². The maximum Gasteiger partial charge on any atom is 0.326 e. The number of aromatic nitrogens is 1. The first-order valence-corrected chi connectivity index (χ1v) is 12.8. The van der Waals surface area contributed by atoms with Crippen LogP contribution in [0.2, 0.25) is 10.0 Å². The van der Waals surface area contributed by atoms with Gasteiger partial charge in [0, 0.05) is 36.0 Å². The largest absolute Gasteiger partial charge is 0.480 e. The Morgan fingerprint density at radius 2 is 1.67 bits per heavy atom. The topological polar surface area (TPSA) is 120 Å². The van der Waals surface area contributed by atoms with Crippen LogP contribution in [0.15, 0.2) is 79.0 Å². The van der Waals surface area contributed by atoms with Crippen LogP contribution in [0.5, 0.6) is 0 Å². The van der Waals surface area contributed by atoms with Gasteiger partial charge in [0.05, 0.1) is 15.6 Å². The smallest absolute Gasteiger partial charge is 0.326 e. The fraction of sp³-hybridized carbons (Fsp3) is 0.103. The van der Waals surface area contributed by atoms with E-state index in [1.807, 2.05) is 18.2 Å². The van der Waals surface area contributed by atoms with Crippen molar-refractivity contribution >= 4 is 58.2 Å². The number of nitrogens with zero attached hydrogens (tertiary/aromatic N) is 1. The monoisotopic (exact) mass is 560 g/mol. The standard InChI is InChI=1S/C29H22Cl2N4O4/c30-21-4-1-5-22(31)25(21)28(37)35-24(29(38)39)13-16-6-10-20(11-7-16)33-27(36)19-9-8-17-14-18-3-2-12-32-26(18)34-23(17)15-19/h1-12,15,24H,13-14H2,(H,32,34)(H,33,36)(H,35,37)(H,38,39)/t24-/m0/s1. The number of anilines is 3. The van der Waals surface area contributed by atoms with Crippen molar-refractivity contribution in [2.75, 3.05) is 10.6 Å². The molecule has 1 aliphatic rings. The van der Waals surface area contributed by atoms with E-state index in [0.717, 1.165) is 29.1 Å². The van der Waals surface area contributed by atoms with Gasteiger partial charge in [0.15, 0.2) is 0 Å². The van der Waals surface area contributed by atoms with Crippen molar-refractivity contribution in [3.63, 3.8) is 0 Å². The molecule has 0 aliphatic carbocycles. The summed E-state index contributed by atoms with van der Waals surface area (Å²) in [6.07, 6.45) is 2.47. The predicted octanol–water partition coefficient (Wildman–Crippen LogP) is 5.71. The maximum absolute atomic E-state index is 12.9. The normalized spacial score (nSPS) is 12.4. The lowest BCUT2D eigenvalue weighted by atomic mass is 9.98. The SMILES string of the molecule is O=C(Nc1ccc(C[C@H](NC(=O)c2c(Cl)cccc2Cl)C(=O)O)cc1)c1ccc2c(c1)Nc1ncccc1C2. The number of aliphatic carboxylic acids is 1. The Kier molecular flexibility index (Phi) is 7.49. The summed E-state index contributed by atoms with van der Waals surface area (Å²) in [6.45, 7) is 0. The molecule has 4 aromatic rings. The number of carbonyl (C=O) groups is 3. The van der Waals surface area contributed by atoms with E-state index in [1.54, 1.807) is 48.7 Å². The van der Waals surface area contributed by atoms with Crippen molar-refractivity contribution in [3.05, 3.63) is 117 Å². The predicted molar refractivity (Wildman–Crippen MR) is 150 cm³/mol. The van der Waals surface area contributed by atoms with Gasteiger partial charge >= 0.3 is 5.97 Å². The molecule has 0 unspecified atom stereocenters. The molecule has 196 valence electrons. The van der Waals surface area contributed by atoms with Crippen LogP contribution in [0, 0.1) is 0 Å². The van der Waals surface area contributed by atoms with Gasteiger partial charge in [-0.3, -0.25) is 9.59 Å². The van der Waals surface area contributed by atoms with Gasteiger partial charge in [0.2, 0.25) is 0 Å². The van der Waals surface area contributed by atoms with Gasteiger partial charge < -0.3 is 21.1 Å². The average Bonchev–Trinajstić information content (AvgIpc) is 2.92. The number of carboxylic acids is 1. The van der Waals surface area contributed by atoms with Gasteiger partial charge in [0.1, 0.15) is 11.9 Å². The van der Waals surface area contributed by atoms with Crippen LogP contribution in [0.1, 0.15) is 37.4 Å². The summed E-state index contributed by atoms with van der Waals surface area (Å²) >= 11 is 12.1. The molecule has 0 spiro atoms. The maximum atomic E-state index is 12.9. The van der Waals surface area contributed by atoms with Crippen LogP contribution in [0.4, 0.5) is 17.2 Å². The molecule has 8 nitrogen and oxygen atoms in total. The molecule has 0 fully saturated rings. The lowest BCUT2D eigenvalue weighted by Crippen LogP contribution is -2.42. The fourth-order valence-electron chi connectivity index (χ4n) is 4.32. The van der Waals surface area contributed by atoms with Crippen LogP contribution in [0.3, 0.4) is 0 Å². The van der Waals surface area contributed by atoms with E-state index in [1.165, 1.54) is 12.1 Å². The van der Waals surface area contributed by atoms with Crippen molar-refractivity contribution in [2.24, 2.45) is 0 Å². The van der Waals surface area contributed by atoms with Gasteiger partial charge in [0.25, 0.3) is 11.8 Å². The van der Waals surface area contributed by atoms with Gasteiger partial charge in [-0.15, -0.1) is 0 Å². The number of amides is 2. The second-order valence-corrected chi connectivity index (χ2v) is 9.82. The fourth-order valence-corrected chi connectivity index (χ4v) is 4.89. The number of halogens is 2. The molecule has 0 saturated heterocycles. The molecular formula is C29H22Cl2N4O4. The van der Waals surface area contributed by atoms with Gasteiger partial charge in [-0.25, -0.2) is 9.78 Å². The number of hydrogen-bond acceptors (Lipinski definition) is 5. The van der Waals surface area contributed by atoms with Crippen LogP contribution >= 0.6 is 23.2 Å². The molecule has 4 N–H and O–H groups in total. The quantitative estimate of drug-likeness (QED) is 0.202. The summed E-state index contributed by atoms with van der Waals surface area (Å²) in [5, 5.41) is 18.5. The highest BCUT2D eigenvalue weighted by atomic mass is 35.5. The first-order valence-electron chi connectivity index (χ1n) is 12.0. The number of carboxylic acid groups (broad SMARTS) is 1. The van der Waals surface area contributed by atoms with E-state index in [4.69, 9.17) is 23.2 Å². The Hall–Kier alpha value is -4.40. The van der Waals surface area contributed by atoms with E-state index in [9.17, 15) is 19.5 Å². The summed E-state index contributed by atoms with van der Waals surface area (Å²) in [5.74, 6) is -1.39. The molecule has 0 saturated carbocycles.